The molecule has 0 spiro atoms. The van der Waals surface area contributed by atoms with Crippen LogP contribution in [0.4, 0.5) is 5.69 Å². The summed E-state index contributed by atoms with van der Waals surface area (Å²) < 4.78 is 5.67. The van der Waals surface area contributed by atoms with E-state index < -0.39 is 0 Å². The molecule has 2 aromatic carbocycles. The maximum absolute atomic E-state index is 13.8. The summed E-state index contributed by atoms with van der Waals surface area (Å²) in [6.07, 6.45) is 4.54. The Balaban J connectivity index is 1.46. The van der Waals surface area contributed by atoms with Gasteiger partial charge in [0.05, 0.1) is 0 Å². The molecule has 0 bridgehead atoms. The molecule has 43 heavy (non-hydrogen) atoms. The van der Waals surface area contributed by atoms with Crippen molar-refractivity contribution < 1.29 is 9.53 Å². The summed E-state index contributed by atoms with van der Waals surface area (Å²) in [6.45, 7) is 16.2. The molecule has 2 fully saturated rings. The molecule has 1 atom stereocenters. The maximum atomic E-state index is 13.8. The van der Waals surface area contributed by atoms with Gasteiger partial charge in [-0.15, -0.1) is 0 Å². The van der Waals surface area contributed by atoms with Gasteiger partial charge in [-0.3, -0.25) is 14.5 Å². The Morgan fingerprint density at radius 3 is 2.47 bits per heavy atom. The highest BCUT2D eigenvalue weighted by Gasteiger charge is 2.25. The van der Waals surface area contributed by atoms with E-state index in [1.54, 1.807) is 0 Å². The topological polar surface area (TPSA) is 77.7 Å². The van der Waals surface area contributed by atoms with E-state index in [-0.39, 0.29) is 18.0 Å². The van der Waals surface area contributed by atoms with Crippen LogP contribution < -0.4 is 15.8 Å². The van der Waals surface area contributed by atoms with Gasteiger partial charge in [-0.05, 0) is 112 Å². The average molecular weight is 585 g/mol. The third-order valence-electron chi connectivity index (χ3n) is 9.26. The van der Waals surface area contributed by atoms with Crippen molar-refractivity contribution in [3.8, 4) is 11.1 Å². The summed E-state index contributed by atoms with van der Waals surface area (Å²) in [5.41, 5.74) is 8.26. The monoisotopic (exact) mass is 584 g/mol. The minimum Gasteiger partial charge on any atom is -0.381 e. The van der Waals surface area contributed by atoms with Crippen molar-refractivity contribution in [3.05, 3.63) is 86.3 Å². The number of aromatic amines is 1. The highest BCUT2D eigenvalue weighted by molar-refractivity contribution is 5.99. The number of aryl methyl sites for hydroxylation is 2. The van der Waals surface area contributed by atoms with Crippen LogP contribution in [0, 0.1) is 26.7 Å². The molecule has 1 aromatic heterocycles. The molecule has 0 radical (unpaired) electrons. The van der Waals surface area contributed by atoms with E-state index in [2.05, 4.69) is 64.3 Å². The Morgan fingerprint density at radius 1 is 1.05 bits per heavy atom. The Labute approximate surface area is 256 Å². The lowest BCUT2D eigenvalue weighted by Gasteiger charge is -2.37. The molecule has 0 aliphatic carbocycles. The standard InChI is InChI=1S/C36H48N4O3/c1-6-40(31-13-16-43-17-14-31)34-20-30(29-11-9-28(10-12-29)23-39-15-7-8-24(2)22-39)19-32(27(34)5)35(41)37-21-33-25(3)18-26(4)38-36(33)42/h9-12,18-20,24,31H,6-8,13-17,21-23H2,1-5H3,(H,37,41)(H,38,42). The molecular weight excluding hydrogens is 536 g/mol. The maximum Gasteiger partial charge on any atom is 0.253 e. The van der Waals surface area contributed by atoms with E-state index in [1.807, 2.05) is 32.9 Å². The second kappa shape index (κ2) is 13.9. The van der Waals surface area contributed by atoms with Gasteiger partial charge in [-0.1, -0.05) is 31.2 Å². The third-order valence-corrected chi connectivity index (χ3v) is 9.26. The van der Waals surface area contributed by atoms with E-state index in [4.69, 9.17) is 4.74 Å². The van der Waals surface area contributed by atoms with Crippen LogP contribution >= 0.6 is 0 Å². The number of ether oxygens (including phenoxy) is 1. The average Bonchev–Trinajstić information content (AvgIpc) is 2.99. The predicted molar refractivity (Wildman–Crippen MR) is 175 cm³/mol. The van der Waals surface area contributed by atoms with Crippen molar-refractivity contribution in [2.45, 2.75) is 79.4 Å². The van der Waals surface area contributed by atoms with Crippen molar-refractivity contribution in [1.29, 1.82) is 0 Å². The van der Waals surface area contributed by atoms with Gasteiger partial charge in [0, 0.05) is 67.9 Å². The fraction of sp³-hybridized carbons (Fsp3) is 0.500. The number of hydrogen-bond acceptors (Lipinski definition) is 5. The summed E-state index contributed by atoms with van der Waals surface area (Å²) in [6, 6.07) is 15.4. The van der Waals surface area contributed by atoms with Gasteiger partial charge in [-0.25, -0.2) is 0 Å². The van der Waals surface area contributed by atoms with Crippen molar-refractivity contribution in [2.24, 2.45) is 5.92 Å². The summed E-state index contributed by atoms with van der Waals surface area (Å²) in [5.74, 6) is 0.591. The number of likely N-dealkylation sites (tertiary alicyclic amines) is 1. The zero-order valence-corrected chi connectivity index (χ0v) is 26.6. The van der Waals surface area contributed by atoms with Gasteiger partial charge in [-0.2, -0.15) is 0 Å². The molecule has 3 aromatic rings. The molecule has 2 saturated heterocycles. The van der Waals surface area contributed by atoms with Crippen molar-refractivity contribution in [1.82, 2.24) is 15.2 Å². The second-order valence-electron chi connectivity index (χ2n) is 12.6. The number of carbonyl (C=O) groups is 1. The lowest BCUT2D eigenvalue weighted by atomic mass is 9.94. The first-order valence-electron chi connectivity index (χ1n) is 16.0. The Bertz CT molecular complexity index is 1470. The number of pyridine rings is 1. The Morgan fingerprint density at radius 2 is 1.79 bits per heavy atom. The van der Waals surface area contributed by atoms with Crippen LogP contribution in [-0.4, -0.2) is 54.7 Å². The van der Waals surface area contributed by atoms with E-state index in [0.29, 0.717) is 17.2 Å². The molecule has 2 aliphatic rings. The fourth-order valence-corrected chi connectivity index (χ4v) is 6.88. The highest BCUT2D eigenvalue weighted by atomic mass is 16.5. The number of anilines is 1. The molecular formula is C36H48N4O3. The van der Waals surface area contributed by atoms with Crippen molar-refractivity contribution >= 4 is 11.6 Å². The van der Waals surface area contributed by atoms with Gasteiger partial charge >= 0.3 is 0 Å². The Kier molecular flexibility index (Phi) is 10.0. The van der Waals surface area contributed by atoms with E-state index in [9.17, 15) is 9.59 Å². The summed E-state index contributed by atoms with van der Waals surface area (Å²) >= 11 is 0. The molecule has 7 nitrogen and oxygen atoms in total. The molecule has 230 valence electrons. The summed E-state index contributed by atoms with van der Waals surface area (Å²) in [5, 5.41) is 3.05. The largest absolute Gasteiger partial charge is 0.381 e. The number of H-pyrrole nitrogens is 1. The van der Waals surface area contributed by atoms with Crippen LogP contribution in [0.15, 0.2) is 47.3 Å². The van der Waals surface area contributed by atoms with Crippen LogP contribution in [0.3, 0.4) is 0 Å². The van der Waals surface area contributed by atoms with Crippen LogP contribution in [0.25, 0.3) is 11.1 Å². The third kappa shape index (κ3) is 7.39. The van der Waals surface area contributed by atoms with Gasteiger partial charge in [0.2, 0.25) is 0 Å². The number of nitrogens with zero attached hydrogens (tertiary/aromatic N) is 2. The van der Waals surface area contributed by atoms with Gasteiger partial charge in [0.25, 0.3) is 11.5 Å². The quantitative estimate of drug-likeness (QED) is 0.316. The minimum atomic E-state index is -0.168. The molecule has 2 aliphatic heterocycles. The molecule has 2 N–H and O–H groups in total. The zero-order chi connectivity index (χ0) is 30.5. The first kappa shape index (κ1) is 31.0. The molecule has 1 amide bonds. The Hall–Kier alpha value is -3.42. The van der Waals surface area contributed by atoms with E-state index >= 15 is 0 Å². The number of aromatic nitrogens is 1. The van der Waals surface area contributed by atoms with Gasteiger partial charge in [0.1, 0.15) is 0 Å². The molecule has 7 heteroatoms. The SMILES string of the molecule is CCN(c1cc(-c2ccc(CN3CCCC(C)C3)cc2)cc(C(=O)NCc2c(C)cc(C)[nH]c2=O)c1C)C1CCOCC1. The lowest BCUT2D eigenvalue weighted by molar-refractivity contribution is 0.0846. The number of amides is 1. The zero-order valence-electron chi connectivity index (χ0n) is 26.6. The number of nitrogens with one attached hydrogen (secondary N) is 2. The number of benzene rings is 2. The summed E-state index contributed by atoms with van der Waals surface area (Å²) in [4.78, 5) is 34.3. The van der Waals surface area contributed by atoms with Crippen molar-refractivity contribution in [3.63, 3.8) is 0 Å². The summed E-state index contributed by atoms with van der Waals surface area (Å²) in [7, 11) is 0. The normalized spacial score (nSPS) is 18.0. The molecule has 3 heterocycles. The molecule has 5 rings (SSSR count). The van der Waals surface area contributed by atoms with Crippen LogP contribution in [-0.2, 0) is 17.8 Å². The molecule has 0 saturated carbocycles. The second-order valence-corrected chi connectivity index (χ2v) is 12.6. The highest BCUT2D eigenvalue weighted by Crippen LogP contribution is 2.34. The first-order chi connectivity index (χ1) is 20.7. The van der Waals surface area contributed by atoms with Gasteiger partial charge < -0.3 is 19.9 Å². The van der Waals surface area contributed by atoms with E-state index in [0.717, 1.165) is 85.2 Å². The van der Waals surface area contributed by atoms with E-state index in [1.165, 1.54) is 24.9 Å². The minimum absolute atomic E-state index is 0.153. The molecule has 1 unspecified atom stereocenters. The van der Waals surface area contributed by atoms with Crippen molar-refractivity contribution in [2.75, 3.05) is 37.7 Å². The number of rotatable bonds is 9. The lowest BCUT2D eigenvalue weighted by Crippen LogP contribution is -2.40. The number of hydrogen-bond donors (Lipinski definition) is 2. The first-order valence-corrected chi connectivity index (χ1v) is 16.0. The van der Waals surface area contributed by atoms with Crippen LogP contribution in [0.5, 0.6) is 0 Å². The number of carbonyl (C=O) groups excluding carboxylic acids is 1. The van der Waals surface area contributed by atoms with Gasteiger partial charge in [0.15, 0.2) is 0 Å². The smallest absolute Gasteiger partial charge is 0.253 e. The predicted octanol–water partition coefficient (Wildman–Crippen LogP) is 6.13. The van der Waals surface area contributed by atoms with Crippen LogP contribution in [0.2, 0.25) is 0 Å². The van der Waals surface area contributed by atoms with Crippen LogP contribution in [0.1, 0.15) is 77.8 Å². The fourth-order valence-electron chi connectivity index (χ4n) is 6.88. The number of piperidine rings is 1.